The molecule has 1 unspecified atom stereocenters. The highest BCUT2D eigenvalue weighted by Crippen LogP contribution is 2.40. The maximum Gasteiger partial charge on any atom is 0.431 e. The molecule has 0 bridgehead atoms. The van der Waals surface area contributed by atoms with E-state index in [-0.39, 0.29) is 5.92 Å². The second-order valence-corrected chi connectivity index (χ2v) is 6.61. The Hall–Kier alpha value is -0.900. The van der Waals surface area contributed by atoms with Gasteiger partial charge in [0.15, 0.2) is 0 Å². The molecule has 1 N–H and O–H groups in total. The van der Waals surface area contributed by atoms with Crippen LogP contribution in [0.2, 0.25) is 0 Å². The minimum atomic E-state index is -6.27. The van der Waals surface area contributed by atoms with Crippen LogP contribution >= 0.6 is 0 Å². The number of alkyl halides is 4. The molecule has 21 heavy (non-hydrogen) atoms. The standard InChI is InChI=1S/C11H18F4O5S/c1-7(2)6-8(3)9(16)20-5-4-10(12,13)11(14,15)21(17,18)19/h7-8H,4-6H2,1-3H3,(H,17,18,19). The molecule has 5 nitrogen and oxygen atoms in total. The molecule has 0 aromatic heterocycles. The Bertz CT molecular complexity index is 461. The van der Waals surface area contributed by atoms with E-state index < -0.39 is 46.2 Å². The molecule has 0 amide bonds. The number of carbonyl (C=O) groups excluding carboxylic acids is 1. The fourth-order valence-electron chi connectivity index (χ4n) is 1.56. The Morgan fingerprint density at radius 3 is 2.05 bits per heavy atom. The Balaban J connectivity index is 4.56. The van der Waals surface area contributed by atoms with Gasteiger partial charge in [-0.2, -0.15) is 26.0 Å². The van der Waals surface area contributed by atoms with Gasteiger partial charge in [-0.3, -0.25) is 9.35 Å². The highest BCUT2D eigenvalue weighted by molar-refractivity contribution is 7.87. The van der Waals surface area contributed by atoms with Gasteiger partial charge >= 0.3 is 27.3 Å². The molecule has 0 saturated heterocycles. The molecule has 0 heterocycles. The van der Waals surface area contributed by atoms with E-state index in [1.54, 1.807) is 0 Å². The van der Waals surface area contributed by atoms with Gasteiger partial charge in [-0.15, -0.1) is 0 Å². The van der Waals surface area contributed by atoms with Crippen molar-refractivity contribution in [2.45, 2.75) is 44.8 Å². The maximum atomic E-state index is 13.1. The number of ether oxygens (including phenoxy) is 1. The Labute approximate surface area is 120 Å². The summed E-state index contributed by atoms with van der Waals surface area (Å²) in [6.07, 6.45) is -1.30. The highest BCUT2D eigenvalue weighted by Gasteiger charge is 2.65. The molecule has 0 fully saturated rings. The third-order valence-electron chi connectivity index (χ3n) is 2.64. The van der Waals surface area contributed by atoms with Gasteiger partial charge in [0.2, 0.25) is 0 Å². The smallest absolute Gasteiger partial charge is 0.431 e. The first-order valence-electron chi connectivity index (χ1n) is 6.11. The molecular formula is C11H18F4O5S. The lowest BCUT2D eigenvalue weighted by molar-refractivity contribution is -0.175. The molecule has 126 valence electrons. The van der Waals surface area contributed by atoms with Crippen LogP contribution in [0, 0.1) is 11.8 Å². The Kier molecular flexibility index (Phi) is 6.61. The molecule has 0 aromatic carbocycles. The summed E-state index contributed by atoms with van der Waals surface area (Å²) in [6.45, 7) is 4.06. The molecule has 0 aliphatic heterocycles. The number of hydrogen-bond acceptors (Lipinski definition) is 4. The van der Waals surface area contributed by atoms with Gasteiger partial charge in [-0.1, -0.05) is 20.8 Å². The fraction of sp³-hybridized carbons (Fsp3) is 0.909. The lowest BCUT2D eigenvalue weighted by Gasteiger charge is -2.23. The Morgan fingerprint density at radius 1 is 1.19 bits per heavy atom. The number of hydrogen-bond donors (Lipinski definition) is 1. The van der Waals surface area contributed by atoms with E-state index in [1.165, 1.54) is 6.92 Å². The molecule has 0 radical (unpaired) electrons. The second kappa shape index (κ2) is 6.91. The van der Waals surface area contributed by atoms with Gasteiger partial charge in [-0.05, 0) is 12.3 Å². The zero-order valence-electron chi connectivity index (χ0n) is 11.8. The Morgan fingerprint density at radius 2 is 1.67 bits per heavy atom. The minimum Gasteiger partial charge on any atom is -0.465 e. The van der Waals surface area contributed by atoms with Crippen molar-refractivity contribution in [2.24, 2.45) is 11.8 Å². The van der Waals surface area contributed by atoms with Crippen LogP contribution in [0.25, 0.3) is 0 Å². The summed E-state index contributed by atoms with van der Waals surface area (Å²) in [7, 11) is -6.27. The van der Waals surface area contributed by atoms with E-state index in [0.29, 0.717) is 6.42 Å². The average molecular weight is 338 g/mol. The van der Waals surface area contributed by atoms with Gasteiger partial charge in [0.1, 0.15) is 0 Å². The van der Waals surface area contributed by atoms with Gasteiger partial charge in [0.25, 0.3) is 0 Å². The van der Waals surface area contributed by atoms with E-state index >= 15 is 0 Å². The number of halogens is 4. The third kappa shape index (κ3) is 5.42. The van der Waals surface area contributed by atoms with E-state index in [9.17, 15) is 30.8 Å². The normalized spacial score (nSPS) is 15.1. The van der Waals surface area contributed by atoms with Gasteiger partial charge in [0, 0.05) is 0 Å². The third-order valence-corrected chi connectivity index (χ3v) is 3.58. The number of carbonyl (C=O) groups is 1. The van der Waals surface area contributed by atoms with Gasteiger partial charge in [-0.25, -0.2) is 0 Å². The molecular weight excluding hydrogens is 320 g/mol. The summed E-state index contributed by atoms with van der Waals surface area (Å²) in [4.78, 5) is 11.4. The van der Waals surface area contributed by atoms with E-state index in [2.05, 4.69) is 4.74 Å². The topological polar surface area (TPSA) is 80.7 Å². The minimum absolute atomic E-state index is 0.151. The van der Waals surface area contributed by atoms with E-state index in [0.717, 1.165) is 0 Å². The SMILES string of the molecule is CC(C)CC(C)C(=O)OCCC(F)(F)C(F)(F)S(=O)(=O)O. The highest BCUT2D eigenvalue weighted by atomic mass is 32.2. The van der Waals surface area contributed by atoms with Crippen LogP contribution in [0.15, 0.2) is 0 Å². The number of rotatable bonds is 8. The predicted octanol–water partition coefficient (Wildman–Crippen LogP) is 2.72. The van der Waals surface area contributed by atoms with Crippen LogP contribution in [-0.2, 0) is 19.6 Å². The van der Waals surface area contributed by atoms with Crippen LogP contribution in [0.4, 0.5) is 17.6 Å². The zero-order chi connectivity index (χ0) is 17.1. The molecule has 0 spiro atoms. The summed E-state index contributed by atoms with van der Waals surface area (Å²) in [6, 6.07) is 0. The predicted molar refractivity (Wildman–Crippen MR) is 65.6 cm³/mol. The lowest BCUT2D eigenvalue weighted by atomic mass is 9.99. The average Bonchev–Trinajstić information content (AvgIpc) is 2.25. The monoisotopic (exact) mass is 338 g/mol. The van der Waals surface area contributed by atoms with Crippen molar-refractivity contribution in [3.63, 3.8) is 0 Å². The van der Waals surface area contributed by atoms with Crippen molar-refractivity contribution in [3.8, 4) is 0 Å². The molecule has 0 aromatic rings. The first-order chi connectivity index (χ1) is 9.22. The molecule has 10 heteroatoms. The summed E-state index contributed by atoms with van der Waals surface area (Å²) in [5.41, 5.74) is 0. The van der Waals surface area contributed by atoms with Crippen molar-refractivity contribution in [1.82, 2.24) is 0 Å². The van der Waals surface area contributed by atoms with Crippen LogP contribution in [0.1, 0.15) is 33.6 Å². The van der Waals surface area contributed by atoms with Crippen molar-refractivity contribution < 1.29 is 40.1 Å². The fourth-order valence-corrected chi connectivity index (χ4v) is 2.04. The van der Waals surface area contributed by atoms with Crippen molar-refractivity contribution in [2.75, 3.05) is 6.61 Å². The van der Waals surface area contributed by atoms with E-state index in [4.69, 9.17) is 4.55 Å². The molecule has 0 aliphatic rings. The molecule has 0 rings (SSSR count). The van der Waals surface area contributed by atoms with Crippen molar-refractivity contribution in [1.29, 1.82) is 0 Å². The van der Waals surface area contributed by atoms with Crippen LogP contribution in [0.5, 0.6) is 0 Å². The van der Waals surface area contributed by atoms with Crippen LogP contribution in [0.3, 0.4) is 0 Å². The summed E-state index contributed by atoms with van der Waals surface area (Å²) in [5.74, 6) is -6.34. The first-order valence-corrected chi connectivity index (χ1v) is 7.55. The zero-order valence-corrected chi connectivity index (χ0v) is 12.6. The van der Waals surface area contributed by atoms with Crippen LogP contribution in [-0.4, -0.2) is 36.7 Å². The summed E-state index contributed by atoms with van der Waals surface area (Å²) in [5, 5.41) is -5.64. The van der Waals surface area contributed by atoms with Crippen molar-refractivity contribution in [3.05, 3.63) is 0 Å². The van der Waals surface area contributed by atoms with E-state index in [1.807, 2.05) is 13.8 Å². The molecule has 1 atom stereocenters. The number of esters is 1. The summed E-state index contributed by atoms with van der Waals surface area (Å²) >= 11 is 0. The summed E-state index contributed by atoms with van der Waals surface area (Å²) < 4.78 is 84.8. The van der Waals surface area contributed by atoms with Gasteiger partial charge in [0.05, 0.1) is 18.9 Å². The molecule has 0 aliphatic carbocycles. The van der Waals surface area contributed by atoms with Crippen LogP contribution < -0.4 is 0 Å². The second-order valence-electron chi connectivity index (χ2n) is 5.14. The lowest BCUT2D eigenvalue weighted by Crippen LogP contribution is -2.47. The first kappa shape index (κ1) is 20.1. The largest absolute Gasteiger partial charge is 0.465 e. The molecule has 0 saturated carbocycles. The maximum absolute atomic E-state index is 13.1. The van der Waals surface area contributed by atoms with Gasteiger partial charge < -0.3 is 4.74 Å². The van der Waals surface area contributed by atoms with Crippen molar-refractivity contribution >= 4 is 16.1 Å². The quantitative estimate of drug-likeness (QED) is 0.418.